The smallest absolute Gasteiger partial charge is 0.410 e. The van der Waals surface area contributed by atoms with Crippen molar-refractivity contribution in [3.8, 4) is 0 Å². The van der Waals surface area contributed by atoms with Gasteiger partial charge in [-0.2, -0.15) is 0 Å². The van der Waals surface area contributed by atoms with Gasteiger partial charge >= 0.3 is 6.09 Å². The summed E-state index contributed by atoms with van der Waals surface area (Å²) in [4.78, 5) is 24.8. The summed E-state index contributed by atoms with van der Waals surface area (Å²) in [5, 5.41) is 5.10. The third kappa shape index (κ3) is 5.22. The summed E-state index contributed by atoms with van der Waals surface area (Å²) in [7, 11) is 1.53. The van der Waals surface area contributed by atoms with Crippen LogP contribution in [0.1, 0.15) is 31.2 Å². The molecule has 0 bridgehead atoms. The topological polar surface area (TPSA) is 58.6 Å². The molecule has 27 heavy (non-hydrogen) atoms. The number of benzene rings is 2. The molecular formula is C22H28N2O3. The number of hydrogen-bond donors (Lipinski definition) is 1. The molecular weight excluding hydrogens is 340 g/mol. The number of carbonyl (C=O) groups is 2. The largest absolute Gasteiger partial charge is 0.439 e. The molecule has 1 N–H and O–H groups in total. The van der Waals surface area contributed by atoms with Gasteiger partial charge in [-0.25, -0.2) is 4.79 Å². The Kier molecular flexibility index (Phi) is 6.69. The number of likely N-dealkylation sites (tertiary alicyclic amines) is 1. The molecule has 2 aromatic carbocycles. The van der Waals surface area contributed by atoms with E-state index < -0.39 is 0 Å². The maximum atomic E-state index is 12.0. The number of piperidine rings is 1. The quantitative estimate of drug-likeness (QED) is 0.845. The maximum absolute atomic E-state index is 12.0. The van der Waals surface area contributed by atoms with Crippen LogP contribution in [0.2, 0.25) is 0 Å². The molecule has 1 aliphatic rings. The van der Waals surface area contributed by atoms with Crippen molar-refractivity contribution >= 4 is 22.8 Å². The Morgan fingerprint density at radius 1 is 1.11 bits per heavy atom. The molecule has 5 heteroatoms. The van der Waals surface area contributed by atoms with Crippen LogP contribution >= 0.6 is 0 Å². The highest BCUT2D eigenvalue weighted by molar-refractivity contribution is 5.85. The van der Waals surface area contributed by atoms with Crippen LogP contribution in [0.4, 0.5) is 4.79 Å². The van der Waals surface area contributed by atoms with Crippen LogP contribution < -0.4 is 5.32 Å². The average Bonchev–Trinajstić information content (AvgIpc) is 2.72. The molecule has 1 fully saturated rings. The van der Waals surface area contributed by atoms with Crippen LogP contribution in [-0.2, 0) is 16.0 Å². The number of carbonyl (C=O) groups excluding carboxylic acids is 2. The molecule has 0 atom stereocenters. The van der Waals surface area contributed by atoms with Crippen molar-refractivity contribution in [1.29, 1.82) is 0 Å². The Bertz CT molecular complexity index is 777. The number of hydrogen-bond acceptors (Lipinski definition) is 3. The molecule has 1 heterocycles. The fourth-order valence-electron chi connectivity index (χ4n) is 3.79. The van der Waals surface area contributed by atoms with Gasteiger partial charge in [0.2, 0.25) is 0 Å². The van der Waals surface area contributed by atoms with E-state index in [4.69, 9.17) is 4.74 Å². The van der Waals surface area contributed by atoms with Gasteiger partial charge in [0, 0.05) is 20.1 Å². The van der Waals surface area contributed by atoms with E-state index in [9.17, 15) is 9.59 Å². The second-order valence-corrected chi connectivity index (χ2v) is 7.19. The number of rotatable bonds is 6. The fraction of sp³-hybridized carbons (Fsp3) is 0.455. The number of ether oxygens (including phenoxy) is 1. The van der Waals surface area contributed by atoms with Crippen LogP contribution in [0.5, 0.6) is 0 Å². The van der Waals surface area contributed by atoms with E-state index in [-0.39, 0.29) is 18.6 Å². The molecule has 3 rings (SSSR count). The Hall–Kier alpha value is -2.56. The minimum absolute atomic E-state index is 0.208. The van der Waals surface area contributed by atoms with Gasteiger partial charge in [-0.1, -0.05) is 42.5 Å². The Balaban J connectivity index is 1.41. The first kappa shape index (κ1) is 19.2. The highest BCUT2D eigenvalue weighted by atomic mass is 16.6. The van der Waals surface area contributed by atoms with Gasteiger partial charge in [0.1, 0.15) is 0 Å². The molecule has 144 valence electrons. The van der Waals surface area contributed by atoms with Gasteiger partial charge in [-0.05, 0) is 54.4 Å². The van der Waals surface area contributed by atoms with Crippen LogP contribution in [0.3, 0.4) is 0 Å². The minimum Gasteiger partial charge on any atom is -0.439 e. The molecule has 2 aromatic rings. The SMILES string of the molecule is CNC(=O)COC(=O)N1CCC(CCCc2cccc3ccccc23)CC1. The molecule has 0 spiro atoms. The normalized spacial score (nSPS) is 14.9. The molecule has 0 saturated carbocycles. The predicted molar refractivity (Wildman–Crippen MR) is 107 cm³/mol. The second-order valence-electron chi connectivity index (χ2n) is 7.19. The van der Waals surface area contributed by atoms with Crippen molar-refractivity contribution in [3.05, 3.63) is 48.0 Å². The second kappa shape index (κ2) is 9.40. The number of nitrogens with zero attached hydrogens (tertiary/aromatic N) is 1. The van der Waals surface area contributed by atoms with Crippen molar-refractivity contribution < 1.29 is 14.3 Å². The van der Waals surface area contributed by atoms with Crippen molar-refractivity contribution in [2.75, 3.05) is 26.7 Å². The molecule has 0 radical (unpaired) electrons. The molecule has 5 nitrogen and oxygen atoms in total. The van der Waals surface area contributed by atoms with Gasteiger partial charge < -0.3 is 15.0 Å². The number of aryl methyl sites for hydroxylation is 1. The lowest BCUT2D eigenvalue weighted by Crippen LogP contribution is -2.40. The van der Waals surface area contributed by atoms with Gasteiger partial charge in [-0.15, -0.1) is 0 Å². The fourth-order valence-corrected chi connectivity index (χ4v) is 3.79. The zero-order valence-electron chi connectivity index (χ0n) is 15.9. The van der Waals surface area contributed by atoms with Gasteiger partial charge in [-0.3, -0.25) is 4.79 Å². The third-order valence-electron chi connectivity index (χ3n) is 5.42. The summed E-state index contributed by atoms with van der Waals surface area (Å²) in [6.45, 7) is 1.22. The average molecular weight is 368 g/mol. The Morgan fingerprint density at radius 3 is 2.63 bits per heavy atom. The molecule has 0 unspecified atom stereocenters. The summed E-state index contributed by atoms with van der Waals surface area (Å²) in [5.41, 5.74) is 1.42. The molecule has 1 saturated heterocycles. The number of amides is 2. The van der Waals surface area contributed by atoms with Crippen molar-refractivity contribution in [3.63, 3.8) is 0 Å². The van der Waals surface area contributed by atoms with E-state index in [1.807, 2.05) is 0 Å². The molecule has 1 aliphatic heterocycles. The third-order valence-corrected chi connectivity index (χ3v) is 5.42. The zero-order valence-corrected chi connectivity index (χ0v) is 15.9. The van der Waals surface area contributed by atoms with Crippen LogP contribution in [-0.4, -0.2) is 43.6 Å². The number of likely N-dealkylation sites (N-methyl/N-ethyl adjacent to an activating group) is 1. The lowest BCUT2D eigenvalue weighted by atomic mass is 9.90. The first-order valence-corrected chi connectivity index (χ1v) is 9.76. The highest BCUT2D eigenvalue weighted by Crippen LogP contribution is 2.25. The summed E-state index contributed by atoms with van der Waals surface area (Å²) in [5.74, 6) is 0.370. The van der Waals surface area contributed by atoms with Gasteiger partial charge in [0.15, 0.2) is 6.61 Å². The number of nitrogens with one attached hydrogen (secondary N) is 1. The van der Waals surface area contributed by atoms with Crippen molar-refractivity contribution in [2.24, 2.45) is 5.92 Å². The van der Waals surface area contributed by atoms with Crippen LogP contribution in [0.15, 0.2) is 42.5 Å². The molecule has 0 aliphatic carbocycles. The first-order chi connectivity index (χ1) is 13.2. The Morgan fingerprint density at radius 2 is 1.85 bits per heavy atom. The van der Waals surface area contributed by atoms with Crippen LogP contribution in [0.25, 0.3) is 10.8 Å². The minimum atomic E-state index is -0.382. The Labute approximate surface area is 160 Å². The zero-order chi connectivity index (χ0) is 19.1. The lowest BCUT2D eigenvalue weighted by molar-refractivity contribution is -0.123. The molecule has 0 aromatic heterocycles. The highest BCUT2D eigenvalue weighted by Gasteiger charge is 2.23. The van der Waals surface area contributed by atoms with Crippen LogP contribution in [0, 0.1) is 5.92 Å². The van der Waals surface area contributed by atoms with Gasteiger partial charge in [0.25, 0.3) is 5.91 Å². The predicted octanol–water partition coefficient (Wildman–Crippen LogP) is 3.76. The monoisotopic (exact) mass is 368 g/mol. The number of fused-ring (bicyclic) bond motifs is 1. The molecule has 2 amide bonds. The van der Waals surface area contributed by atoms with E-state index in [2.05, 4.69) is 47.8 Å². The summed E-state index contributed by atoms with van der Waals surface area (Å²) >= 11 is 0. The first-order valence-electron chi connectivity index (χ1n) is 9.76. The van der Waals surface area contributed by atoms with E-state index in [1.165, 1.54) is 36.2 Å². The van der Waals surface area contributed by atoms with E-state index in [0.717, 1.165) is 19.3 Å². The summed E-state index contributed by atoms with van der Waals surface area (Å²) in [6, 6.07) is 15.1. The van der Waals surface area contributed by atoms with E-state index in [1.54, 1.807) is 4.90 Å². The maximum Gasteiger partial charge on any atom is 0.410 e. The summed E-state index contributed by atoms with van der Waals surface area (Å²) < 4.78 is 5.02. The van der Waals surface area contributed by atoms with Crippen molar-refractivity contribution in [2.45, 2.75) is 32.1 Å². The summed E-state index contributed by atoms with van der Waals surface area (Å²) in [6.07, 6.45) is 5.07. The standard InChI is InChI=1S/C22H28N2O3/c1-23-21(25)16-27-22(26)24-14-12-17(13-15-24)6-4-8-19-10-5-9-18-7-2-3-11-20(18)19/h2-3,5,7,9-11,17H,4,6,8,12-16H2,1H3,(H,23,25). The van der Waals surface area contributed by atoms with Gasteiger partial charge in [0.05, 0.1) is 0 Å². The van der Waals surface area contributed by atoms with E-state index >= 15 is 0 Å². The van der Waals surface area contributed by atoms with Crippen molar-refractivity contribution in [1.82, 2.24) is 10.2 Å². The lowest BCUT2D eigenvalue weighted by Gasteiger charge is -2.31. The van der Waals surface area contributed by atoms with E-state index in [0.29, 0.717) is 19.0 Å².